The van der Waals surface area contributed by atoms with Crippen molar-refractivity contribution >= 4 is 5.97 Å². The highest BCUT2D eigenvalue weighted by Gasteiger charge is 2.13. The molecule has 1 unspecified atom stereocenters. The molecule has 0 aromatic carbocycles. The van der Waals surface area contributed by atoms with Crippen molar-refractivity contribution in [2.75, 3.05) is 7.11 Å². The van der Waals surface area contributed by atoms with Gasteiger partial charge in [0.05, 0.1) is 19.1 Å². The Kier molecular flexibility index (Phi) is 3.20. The van der Waals surface area contributed by atoms with E-state index in [4.69, 9.17) is 5.26 Å². The zero-order valence-corrected chi connectivity index (χ0v) is 6.05. The summed E-state index contributed by atoms with van der Waals surface area (Å²) in [5, 5.41) is 8.33. The number of nitriles is 1. The fourth-order valence-electron chi connectivity index (χ4n) is 0.386. The predicted octanol–water partition coefficient (Wildman–Crippen LogP) is 0.875. The molecule has 0 heterocycles. The monoisotopic (exact) mass is 139 g/mol. The second-order valence-corrected chi connectivity index (χ2v) is 1.87. The first-order valence-electron chi connectivity index (χ1n) is 2.80. The van der Waals surface area contributed by atoms with Crippen molar-refractivity contribution in [2.45, 2.75) is 6.92 Å². The highest BCUT2D eigenvalue weighted by Crippen LogP contribution is 2.07. The molecule has 0 aliphatic rings. The van der Waals surface area contributed by atoms with Gasteiger partial charge in [-0.1, -0.05) is 6.58 Å². The van der Waals surface area contributed by atoms with E-state index in [0.717, 1.165) is 0 Å². The van der Waals surface area contributed by atoms with Crippen molar-refractivity contribution in [1.29, 1.82) is 5.26 Å². The van der Waals surface area contributed by atoms with E-state index in [1.54, 1.807) is 6.92 Å². The van der Waals surface area contributed by atoms with Crippen LogP contribution in [0.4, 0.5) is 0 Å². The molecule has 0 N–H and O–H groups in total. The second kappa shape index (κ2) is 3.67. The Balaban J connectivity index is 4.12. The summed E-state index contributed by atoms with van der Waals surface area (Å²) in [6, 6.07) is 1.88. The molecule has 0 aliphatic carbocycles. The molecule has 0 rings (SSSR count). The van der Waals surface area contributed by atoms with Crippen molar-refractivity contribution < 1.29 is 9.53 Å². The highest BCUT2D eigenvalue weighted by atomic mass is 16.5. The van der Waals surface area contributed by atoms with Crippen LogP contribution in [0.3, 0.4) is 0 Å². The molecule has 0 fully saturated rings. The minimum Gasteiger partial charge on any atom is -0.466 e. The first-order chi connectivity index (χ1) is 4.63. The number of hydrogen-bond acceptors (Lipinski definition) is 3. The predicted molar refractivity (Wildman–Crippen MR) is 35.9 cm³/mol. The summed E-state index contributed by atoms with van der Waals surface area (Å²) in [6.45, 7) is 5.00. The van der Waals surface area contributed by atoms with Crippen molar-refractivity contribution in [3.05, 3.63) is 12.2 Å². The first kappa shape index (κ1) is 8.70. The van der Waals surface area contributed by atoms with Crippen molar-refractivity contribution in [1.82, 2.24) is 0 Å². The van der Waals surface area contributed by atoms with E-state index in [2.05, 4.69) is 11.3 Å². The maximum Gasteiger partial charge on any atom is 0.334 e. The van der Waals surface area contributed by atoms with Gasteiger partial charge in [0.1, 0.15) is 0 Å². The fourth-order valence-corrected chi connectivity index (χ4v) is 0.386. The van der Waals surface area contributed by atoms with Crippen LogP contribution in [-0.2, 0) is 9.53 Å². The molecule has 10 heavy (non-hydrogen) atoms. The maximum absolute atomic E-state index is 10.6. The van der Waals surface area contributed by atoms with Crippen LogP contribution in [-0.4, -0.2) is 13.1 Å². The van der Waals surface area contributed by atoms with Crippen LogP contribution >= 0.6 is 0 Å². The summed E-state index contributed by atoms with van der Waals surface area (Å²) in [5.74, 6) is -0.985. The third kappa shape index (κ3) is 1.90. The number of carbonyl (C=O) groups is 1. The highest BCUT2D eigenvalue weighted by molar-refractivity contribution is 5.88. The Morgan fingerprint density at radius 2 is 2.30 bits per heavy atom. The summed E-state index contributed by atoms with van der Waals surface area (Å²) in [6.07, 6.45) is 0. The third-order valence-corrected chi connectivity index (χ3v) is 1.16. The van der Waals surface area contributed by atoms with Crippen LogP contribution in [0.1, 0.15) is 6.92 Å². The quantitative estimate of drug-likeness (QED) is 0.421. The Morgan fingerprint density at radius 1 is 1.80 bits per heavy atom. The SMILES string of the molecule is C=C(C(=O)OC)C(C)C#N. The molecule has 3 heteroatoms. The Labute approximate surface area is 59.9 Å². The molecule has 0 aliphatic heterocycles. The van der Waals surface area contributed by atoms with Crippen LogP contribution < -0.4 is 0 Å². The smallest absolute Gasteiger partial charge is 0.334 e. The molecule has 0 saturated carbocycles. The molecule has 3 nitrogen and oxygen atoms in total. The van der Waals surface area contributed by atoms with Crippen LogP contribution in [0.15, 0.2) is 12.2 Å². The van der Waals surface area contributed by atoms with E-state index in [1.807, 2.05) is 6.07 Å². The van der Waals surface area contributed by atoms with Crippen molar-refractivity contribution in [3.63, 3.8) is 0 Å². The van der Waals surface area contributed by atoms with E-state index in [1.165, 1.54) is 7.11 Å². The number of ether oxygens (including phenoxy) is 1. The molecule has 1 atom stereocenters. The number of esters is 1. The Morgan fingerprint density at radius 3 is 2.60 bits per heavy atom. The summed E-state index contributed by atoms with van der Waals surface area (Å²) in [5.41, 5.74) is 0.199. The number of rotatable bonds is 2. The van der Waals surface area contributed by atoms with E-state index in [0.29, 0.717) is 0 Å². The first-order valence-corrected chi connectivity index (χ1v) is 2.80. The second-order valence-electron chi connectivity index (χ2n) is 1.87. The summed E-state index contributed by atoms with van der Waals surface area (Å²) in [7, 11) is 1.26. The summed E-state index contributed by atoms with van der Waals surface area (Å²) in [4.78, 5) is 10.6. The Hall–Kier alpha value is -1.30. The number of hydrogen-bond donors (Lipinski definition) is 0. The van der Waals surface area contributed by atoms with Gasteiger partial charge < -0.3 is 4.74 Å². The lowest BCUT2D eigenvalue weighted by atomic mass is 10.1. The van der Waals surface area contributed by atoms with Gasteiger partial charge in [-0.15, -0.1) is 0 Å². The summed E-state index contributed by atoms with van der Waals surface area (Å²) >= 11 is 0. The molecular weight excluding hydrogens is 130 g/mol. The molecule has 54 valence electrons. The maximum atomic E-state index is 10.6. The molecule has 0 aromatic rings. The molecule has 0 saturated heterocycles. The third-order valence-electron chi connectivity index (χ3n) is 1.16. The van der Waals surface area contributed by atoms with Gasteiger partial charge >= 0.3 is 5.97 Å². The van der Waals surface area contributed by atoms with Crippen LogP contribution in [0.5, 0.6) is 0 Å². The van der Waals surface area contributed by atoms with Gasteiger partial charge in [-0.2, -0.15) is 5.26 Å². The van der Waals surface area contributed by atoms with Crippen LogP contribution in [0, 0.1) is 17.2 Å². The average molecular weight is 139 g/mol. The van der Waals surface area contributed by atoms with E-state index < -0.39 is 11.9 Å². The van der Waals surface area contributed by atoms with Crippen molar-refractivity contribution in [2.24, 2.45) is 5.92 Å². The van der Waals surface area contributed by atoms with Crippen molar-refractivity contribution in [3.8, 4) is 6.07 Å². The zero-order valence-electron chi connectivity index (χ0n) is 6.05. The minimum atomic E-state index is -0.519. The molecule has 0 bridgehead atoms. The lowest BCUT2D eigenvalue weighted by Gasteiger charge is -2.02. The lowest BCUT2D eigenvalue weighted by Crippen LogP contribution is -2.09. The standard InChI is InChI=1S/C7H9NO2/c1-5(4-8)6(2)7(9)10-3/h5H,2H2,1,3H3. The minimum absolute atomic E-state index is 0.199. The van der Waals surface area contributed by atoms with Gasteiger partial charge in [0.25, 0.3) is 0 Å². The summed E-state index contributed by atoms with van der Waals surface area (Å²) < 4.78 is 4.35. The zero-order chi connectivity index (χ0) is 8.15. The van der Waals surface area contributed by atoms with E-state index >= 15 is 0 Å². The molecule has 0 amide bonds. The van der Waals surface area contributed by atoms with Gasteiger partial charge in [0.2, 0.25) is 0 Å². The Bertz CT molecular complexity index is 190. The molecule has 0 aromatic heterocycles. The van der Waals surface area contributed by atoms with Gasteiger partial charge in [0, 0.05) is 5.57 Å². The van der Waals surface area contributed by atoms with Crippen LogP contribution in [0.25, 0.3) is 0 Å². The molecule has 0 spiro atoms. The van der Waals surface area contributed by atoms with E-state index in [9.17, 15) is 4.79 Å². The fraction of sp³-hybridized carbons (Fsp3) is 0.429. The van der Waals surface area contributed by atoms with E-state index in [-0.39, 0.29) is 5.57 Å². The van der Waals surface area contributed by atoms with Gasteiger partial charge in [-0.25, -0.2) is 4.79 Å². The van der Waals surface area contributed by atoms with Gasteiger partial charge in [0.15, 0.2) is 0 Å². The molecular formula is C7H9NO2. The van der Waals surface area contributed by atoms with Gasteiger partial charge in [-0.3, -0.25) is 0 Å². The number of methoxy groups -OCH3 is 1. The average Bonchev–Trinajstić information content (AvgIpc) is 2.00. The molecule has 0 radical (unpaired) electrons. The number of nitrogens with zero attached hydrogens (tertiary/aromatic N) is 1. The van der Waals surface area contributed by atoms with Gasteiger partial charge in [-0.05, 0) is 6.92 Å². The largest absolute Gasteiger partial charge is 0.466 e. The topological polar surface area (TPSA) is 50.1 Å². The van der Waals surface area contributed by atoms with Crippen LogP contribution in [0.2, 0.25) is 0 Å². The normalized spacial score (nSPS) is 11.3. The lowest BCUT2D eigenvalue weighted by molar-refractivity contribution is -0.136. The number of carbonyl (C=O) groups excluding carboxylic acids is 1.